The lowest BCUT2D eigenvalue weighted by Crippen LogP contribution is -2.17. The first-order valence-electron chi connectivity index (χ1n) is 9.28. The number of benzene rings is 1. The Morgan fingerprint density at radius 3 is 2.22 bits per heavy atom. The number of allylic oxidation sites excluding steroid dienone is 4. The highest BCUT2D eigenvalue weighted by atomic mass is 28.2. The van der Waals surface area contributed by atoms with Gasteiger partial charge in [-0.1, -0.05) is 91.9 Å². The molecule has 0 N–H and O–H groups in total. The second kappa shape index (κ2) is 7.66. The Morgan fingerprint density at radius 2 is 1.65 bits per heavy atom. The number of aryl methyl sites for hydroxylation is 2. The Bertz CT molecular complexity index is 591. The van der Waals surface area contributed by atoms with E-state index in [1.54, 1.807) is 21.5 Å². The number of rotatable bonds is 6. The molecule has 0 heterocycles. The van der Waals surface area contributed by atoms with Gasteiger partial charge in [0.25, 0.3) is 0 Å². The van der Waals surface area contributed by atoms with Crippen LogP contribution >= 0.6 is 0 Å². The summed E-state index contributed by atoms with van der Waals surface area (Å²) in [4.78, 5) is 0. The maximum absolute atomic E-state index is 2.57. The van der Waals surface area contributed by atoms with E-state index >= 15 is 0 Å². The molecule has 1 aromatic carbocycles. The van der Waals surface area contributed by atoms with E-state index in [0.717, 1.165) is 0 Å². The van der Waals surface area contributed by atoms with Gasteiger partial charge in [-0.3, -0.25) is 0 Å². The molecule has 0 bridgehead atoms. The molecule has 1 aromatic rings. The van der Waals surface area contributed by atoms with Gasteiger partial charge in [0.1, 0.15) is 0 Å². The Morgan fingerprint density at radius 1 is 1.00 bits per heavy atom. The predicted molar refractivity (Wildman–Crippen MR) is 107 cm³/mol. The molecule has 23 heavy (non-hydrogen) atoms. The fourth-order valence-corrected chi connectivity index (χ4v) is 5.94. The first-order chi connectivity index (χ1) is 10.8. The number of unbranched alkanes of at least 4 members (excludes halogenated alkanes) is 2. The van der Waals surface area contributed by atoms with Crippen LogP contribution in [0.25, 0.3) is 0 Å². The van der Waals surface area contributed by atoms with E-state index in [9.17, 15) is 0 Å². The summed E-state index contributed by atoms with van der Waals surface area (Å²) in [6.07, 6.45) is 9.18. The van der Waals surface area contributed by atoms with E-state index < -0.39 is 0 Å². The smallest absolute Gasteiger partial charge is 0.0783 e. The van der Waals surface area contributed by atoms with Crippen molar-refractivity contribution in [2.75, 3.05) is 0 Å². The summed E-state index contributed by atoms with van der Waals surface area (Å²) in [6.45, 7) is 13.9. The lowest BCUT2D eigenvalue weighted by Gasteiger charge is -2.21. The van der Waals surface area contributed by atoms with Crippen molar-refractivity contribution < 1.29 is 0 Å². The molecule has 1 aliphatic carbocycles. The molecule has 1 aliphatic rings. The van der Waals surface area contributed by atoms with Crippen LogP contribution in [0.1, 0.15) is 70.9 Å². The van der Waals surface area contributed by atoms with Crippen molar-refractivity contribution in [3.05, 3.63) is 51.7 Å². The van der Waals surface area contributed by atoms with Crippen LogP contribution in [0.3, 0.4) is 0 Å². The minimum atomic E-state index is -0.308. The van der Waals surface area contributed by atoms with Crippen molar-refractivity contribution in [3.63, 3.8) is 0 Å². The zero-order valence-corrected chi connectivity index (χ0v) is 17.5. The topological polar surface area (TPSA) is 0 Å². The molecule has 0 nitrogen and oxygen atoms in total. The molecule has 0 saturated heterocycles. The van der Waals surface area contributed by atoms with E-state index in [2.05, 4.69) is 65.8 Å². The van der Waals surface area contributed by atoms with Gasteiger partial charge in [-0.15, -0.1) is 0 Å². The molecule has 0 aliphatic heterocycles. The molecule has 0 amide bonds. The fourth-order valence-electron chi connectivity index (χ4n) is 3.83. The molecule has 2 rings (SSSR count). The summed E-state index contributed by atoms with van der Waals surface area (Å²) in [5.41, 5.74) is 6.50. The van der Waals surface area contributed by atoms with Crippen molar-refractivity contribution in [2.45, 2.75) is 73.6 Å². The summed E-state index contributed by atoms with van der Waals surface area (Å²) in [7, 11) is -0.308. The second-order valence-electron chi connectivity index (χ2n) is 8.38. The van der Waals surface area contributed by atoms with Gasteiger partial charge in [0.05, 0.1) is 9.52 Å². The normalized spacial score (nSPS) is 15.8. The highest BCUT2D eigenvalue weighted by Crippen LogP contribution is 2.39. The zero-order chi connectivity index (χ0) is 17.0. The molecule has 0 aromatic heterocycles. The van der Waals surface area contributed by atoms with Crippen LogP contribution in [0, 0.1) is 19.3 Å². The minimum Gasteiger partial charge on any atom is -0.0783 e. The SMILES string of the molecule is CCCCCC1=C(C(C)(C)C)C=C([SiH2]c2cc(C)cc(C)c2)C1. The largest absolute Gasteiger partial charge is 0.0828 e. The van der Waals surface area contributed by atoms with E-state index in [4.69, 9.17) is 0 Å². The van der Waals surface area contributed by atoms with E-state index in [1.165, 1.54) is 43.2 Å². The lowest BCUT2D eigenvalue weighted by atomic mass is 9.83. The Balaban J connectivity index is 2.14. The van der Waals surface area contributed by atoms with Crippen LogP contribution in [0.2, 0.25) is 0 Å². The molecule has 0 radical (unpaired) electrons. The van der Waals surface area contributed by atoms with Crippen molar-refractivity contribution in [3.8, 4) is 0 Å². The van der Waals surface area contributed by atoms with Gasteiger partial charge < -0.3 is 0 Å². The molecule has 0 saturated carbocycles. The fraction of sp³-hybridized carbons (Fsp3) is 0.545. The van der Waals surface area contributed by atoms with E-state index in [0.29, 0.717) is 5.41 Å². The average molecular weight is 327 g/mol. The van der Waals surface area contributed by atoms with E-state index in [1.807, 2.05) is 0 Å². The molecule has 0 unspecified atom stereocenters. The highest BCUT2D eigenvalue weighted by Gasteiger charge is 2.24. The summed E-state index contributed by atoms with van der Waals surface area (Å²) in [5.74, 6) is 0. The lowest BCUT2D eigenvalue weighted by molar-refractivity contribution is 0.509. The molecule has 0 spiro atoms. The van der Waals surface area contributed by atoms with Crippen LogP contribution in [-0.4, -0.2) is 9.52 Å². The number of hydrogen-bond acceptors (Lipinski definition) is 0. The summed E-state index contributed by atoms with van der Waals surface area (Å²) >= 11 is 0. The standard InChI is InChI=1S/C22H34Si/c1-7-8-9-10-18-14-20(15-21(18)22(4,5)6)23-19-12-16(2)11-17(3)13-19/h11-13,15H,7-10,14,23H2,1-6H3. The third-order valence-corrected chi connectivity index (χ3v) is 6.50. The van der Waals surface area contributed by atoms with Crippen LogP contribution in [0.4, 0.5) is 0 Å². The van der Waals surface area contributed by atoms with Gasteiger partial charge in [0.2, 0.25) is 0 Å². The van der Waals surface area contributed by atoms with Crippen LogP contribution in [0.5, 0.6) is 0 Å². The number of hydrogen-bond donors (Lipinski definition) is 0. The van der Waals surface area contributed by atoms with Crippen LogP contribution in [0.15, 0.2) is 40.6 Å². The maximum Gasteiger partial charge on any atom is 0.0828 e. The third-order valence-electron chi connectivity index (χ3n) is 4.77. The predicted octanol–water partition coefficient (Wildman–Crippen LogP) is 5.31. The van der Waals surface area contributed by atoms with Crippen LogP contribution in [-0.2, 0) is 0 Å². The monoisotopic (exact) mass is 326 g/mol. The molecule has 126 valence electrons. The van der Waals surface area contributed by atoms with Gasteiger partial charge in [-0.05, 0) is 44.1 Å². The van der Waals surface area contributed by atoms with Crippen molar-refractivity contribution in [2.24, 2.45) is 5.41 Å². The Labute approximate surface area is 145 Å². The maximum atomic E-state index is 2.57. The molecule has 0 atom stereocenters. The average Bonchev–Trinajstić information content (AvgIpc) is 2.81. The first kappa shape index (κ1) is 18.3. The van der Waals surface area contributed by atoms with Gasteiger partial charge >= 0.3 is 0 Å². The minimum absolute atomic E-state index is 0.292. The van der Waals surface area contributed by atoms with Gasteiger partial charge in [-0.25, -0.2) is 0 Å². The highest BCUT2D eigenvalue weighted by molar-refractivity contribution is 6.61. The molecular weight excluding hydrogens is 292 g/mol. The quantitative estimate of drug-likeness (QED) is 0.491. The second-order valence-corrected chi connectivity index (χ2v) is 10.5. The summed E-state index contributed by atoms with van der Waals surface area (Å²) in [6, 6.07) is 7.10. The molecule has 0 fully saturated rings. The molecule has 1 heteroatoms. The summed E-state index contributed by atoms with van der Waals surface area (Å²) in [5, 5.41) is 3.35. The van der Waals surface area contributed by atoms with Crippen molar-refractivity contribution in [1.29, 1.82) is 0 Å². The van der Waals surface area contributed by atoms with Crippen LogP contribution < -0.4 is 5.19 Å². The van der Waals surface area contributed by atoms with Crippen molar-refractivity contribution >= 4 is 14.7 Å². The Kier molecular flexibility index (Phi) is 6.08. The molecular formula is C22H34Si. The van der Waals surface area contributed by atoms with Gasteiger partial charge in [0.15, 0.2) is 0 Å². The summed E-state index contributed by atoms with van der Waals surface area (Å²) < 4.78 is 0. The first-order valence-corrected chi connectivity index (χ1v) is 10.7. The van der Waals surface area contributed by atoms with Gasteiger partial charge in [-0.2, -0.15) is 0 Å². The van der Waals surface area contributed by atoms with Crippen molar-refractivity contribution in [1.82, 2.24) is 0 Å². The Hall–Kier alpha value is -1.08. The van der Waals surface area contributed by atoms with E-state index in [-0.39, 0.29) is 9.52 Å². The zero-order valence-electron chi connectivity index (χ0n) is 16.1. The van der Waals surface area contributed by atoms with Gasteiger partial charge in [0, 0.05) is 0 Å². The third kappa shape index (κ3) is 5.21.